The van der Waals surface area contributed by atoms with Crippen LogP contribution in [0.4, 0.5) is 0 Å². The van der Waals surface area contributed by atoms with Crippen LogP contribution in [0.5, 0.6) is 0 Å². The van der Waals surface area contributed by atoms with Crippen molar-refractivity contribution < 1.29 is 25.3 Å². The average molecular weight is 529 g/mol. The summed E-state index contributed by atoms with van der Waals surface area (Å²) in [5.41, 5.74) is 1.01. The van der Waals surface area contributed by atoms with Crippen LogP contribution >= 0.6 is 29.5 Å². The molecule has 4 aliphatic rings. The van der Waals surface area contributed by atoms with Crippen LogP contribution in [0.3, 0.4) is 0 Å². The number of rotatable bonds is 0. The van der Waals surface area contributed by atoms with E-state index in [1.54, 1.807) is 0 Å². The highest BCUT2D eigenvalue weighted by Crippen LogP contribution is 2.59. The van der Waals surface area contributed by atoms with Crippen LogP contribution < -0.4 is 0 Å². The Bertz CT molecular complexity index is 902. The van der Waals surface area contributed by atoms with Gasteiger partial charge in [-0.15, -0.1) is 6.58 Å². The van der Waals surface area contributed by atoms with Crippen molar-refractivity contribution in [2.24, 2.45) is 0 Å². The van der Waals surface area contributed by atoms with Crippen molar-refractivity contribution in [1.29, 1.82) is 0 Å². The standard InChI is InChI=1S/C5H10NS2.C4H6NS.CH2NO4S2.CH2NO2S2/c1-7(2)5-8(3,4)6-7;1-4-3-6(2)5-4;3-7(4)1-8(5,6)2-7;3-5-1-6(4)2-5/h1-5H2;1-3H2;1H2;1H2/q4*-1. The molecule has 0 amide bonds. The predicted molar refractivity (Wildman–Crippen MR) is 135 cm³/mol. The van der Waals surface area contributed by atoms with Gasteiger partial charge in [0.25, 0.3) is 0 Å². The van der Waals surface area contributed by atoms with E-state index >= 15 is 0 Å². The van der Waals surface area contributed by atoms with Crippen molar-refractivity contribution in [3.05, 3.63) is 29.4 Å². The van der Waals surface area contributed by atoms with Crippen LogP contribution in [-0.2, 0) is 42.0 Å². The molecule has 166 valence electrons. The van der Waals surface area contributed by atoms with Gasteiger partial charge in [0.05, 0.1) is 25.1 Å². The molecule has 4 fully saturated rings. The van der Waals surface area contributed by atoms with Gasteiger partial charge in [-0.2, -0.15) is 5.70 Å². The summed E-state index contributed by atoms with van der Waals surface area (Å²) >= 11 is 0. The Morgan fingerprint density at radius 2 is 1.14 bits per heavy atom. The average Bonchev–Trinajstić information content (AvgIpc) is 2.31. The Morgan fingerprint density at radius 1 is 0.821 bits per heavy atom. The Hall–Kier alpha value is 0.0200. The second-order valence-corrected chi connectivity index (χ2v) is 19.3. The molecule has 0 N–H and O–H groups in total. The number of hydrogen-bond donors (Lipinski definition) is 0. The van der Waals surface area contributed by atoms with Gasteiger partial charge in [-0.1, -0.05) is 51.3 Å². The molecule has 4 heterocycles. The van der Waals surface area contributed by atoms with Crippen molar-refractivity contribution in [2.45, 2.75) is 0 Å². The summed E-state index contributed by atoms with van der Waals surface area (Å²) in [7, 11) is -11.3. The van der Waals surface area contributed by atoms with Gasteiger partial charge in [-0.3, -0.25) is 37.9 Å². The monoisotopic (exact) mass is 528 g/mol. The molecule has 10 nitrogen and oxygen atoms in total. The quantitative estimate of drug-likeness (QED) is 0.435. The first-order valence-corrected chi connectivity index (χ1v) is 18.2. The van der Waals surface area contributed by atoms with Crippen LogP contribution in [0.25, 0.3) is 17.1 Å². The molecule has 4 saturated heterocycles. The minimum absolute atomic E-state index is 0.103. The third-order valence-electron chi connectivity index (χ3n) is 2.24. The molecule has 0 saturated carbocycles. The van der Waals surface area contributed by atoms with Crippen molar-refractivity contribution in [3.8, 4) is 0 Å². The number of hydrogen-bond acceptors (Lipinski definition) is 6. The van der Waals surface area contributed by atoms with Crippen LogP contribution in [0.15, 0.2) is 12.3 Å². The molecule has 4 rings (SSSR count). The van der Waals surface area contributed by atoms with E-state index in [4.69, 9.17) is 0 Å². The fourth-order valence-electron chi connectivity index (χ4n) is 1.62. The molecule has 0 radical (unpaired) electrons. The maximum atomic E-state index is 9.96. The van der Waals surface area contributed by atoms with E-state index in [1.165, 1.54) is 0 Å². The summed E-state index contributed by atoms with van der Waals surface area (Å²) < 4.78 is 73.3. The van der Waals surface area contributed by atoms with Crippen LogP contribution in [0.2, 0.25) is 0 Å². The predicted octanol–water partition coefficient (Wildman–Crippen LogP) is 1.65. The van der Waals surface area contributed by atoms with Gasteiger partial charge in [0.15, 0.2) is 0 Å². The second-order valence-electron chi connectivity index (χ2n) is 5.65. The van der Waals surface area contributed by atoms with Crippen molar-refractivity contribution in [1.82, 2.24) is 0 Å². The third kappa shape index (κ3) is 10.2. The van der Waals surface area contributed by atoms with Crippen LogP contribution in [0, 0.1) is 0 Å². The Balaban J connectivity index is 0.000000188. The second kappa shape index (κ2) is 9.44. The van der Waals surface area contributed by atoms with Gasteiger partial charge in [0, 0.05) is 0 Å². The van der Waals surface area contributed by atoms with Gasteiger partial charge in [-0.25, -0.2) is 16.8 Å². The lowest BCUT2D eigenvalue weighted by Crippen LogP contribution is -2.27. The Morgan fingerprint density at radius 3 is 1.14 bits per heavy atom. The van der Waals surface area contributed by atoms with Gasteiger partial charge >= 0.3 is 0 Å². The Kier molecular flexibility index (Phi) is 8.79. The maximum Gasteiger partial charge on any atom is 0.119 e. The third-order valence-corrected chi connectivity index (χ3v) is 16.6. The lowest BCUT2D eigenvalue weighted by Gasteiger charge is -2.52. The van der Waals surface area contributed by atoms with Gasteiger partial charge in [0.2, 0.25) is 0 Å². The van der Waals surface area contributed by atoms with Gasteiger partial charge < -0.3 is 17.1 Å². The zero-order chi connectivity index (χ0) is 22.0. The molecule has 4 aliphatic heterocycles. The molecule has 0 aromatic heterocycles. The summed E-state index contributed by atoms with van der Waals surface area (Å²) in [5.74, 6) is 20.0. The van der Waals surface area contributed by atoms with Crippen LogP contribution in [0.1, 0.15) is 0 Å². The largest absolute Gasteiger partial charge is 0.638 e. The summed E-state index contributed by atoms with van der Waals surface area (Å²) in [6, 6.07) is 0. The molecule has 0 bridgehead atoms. The normalized spacial score (nSPS) is 34.0. The molecular weight excluding hydrogens is 509 g/mol. The maximum absolute atomic E-state index is 9.96. The topological polar surface area (TPSA) is 159 Å². The number of sulfonamides is 2. The smallest absolute Gasteiger partial charge is 0.119 e. The van der Waals surface area contributed by atoms with Crippen molar-refractivity contribution >= 4 is 101 Å². The lowest BCUT2D eigenvalue weighted by atomic mass is 10.6. The fraction of sp³-hybridized carbons (Fsp3) is 0.364. The molecular formula is C11H20N4O6S7-4. The van der Waals surface area contributed by atoms with E-state index in [-0.39, 0.29) is 15.8 Å². The summed E-state index contributed by atoms with van der Waals surface area (Å²) in [6.45, 7) is 3.61. The lowest BCUT2D eigenvalue weighted by molar-refractivity contribution is 0.586. The summed E-state index contributed by atoms with van der Waals surface area (Å²) in [4.78, 5) is 0. The molecule has 0 spiro atoms. The van der Waals surface area contributed by atoms with E-state index < -0.39 is 65.9 Å². The molecule has 3 atom stereocenters. The van der Waals surface area contributed by atoms with Gasteiger partial charge in [-0.05, 0) is 10.8 Å². The minimum atomic E-state index is -3.55. The molecule has 0 aliphatic carbocycles. The highest BCUT2D eigenvalue weighted by atomic mass is 32.3. The molecule has 0 aromatic rings. The first kappa shape index (κ1) is 26.1. The SMILES string of the molecule is C=C1CS(=C)[N-]1.C=S1(=C)CS(=C)(=C)[N-]1.O=S1(=O)CS(=O)(=O)[N-]1.O=S1CS(=O)[N-]1. The first-order valence-electron chi connectivity index (χ1n) is 6.67. The zero-order valence-electron chi connectivity index (χ0n) is 14.7. The molecule has 0 aromatic carbocycles. The van der Waals surface area contributed by atoms with E-state index in [9.17, 15) is 25.3 Å². The minimum Gasteiger partial charge on any atom is -0.638 e. The highest BCUT2D eigenvalue weighted by molar-refractivity contribution is 8.60. The van der Waals surface area contributed by atoms with E-state index in [0.717, 1.165) is 16.5 Å². The first-order chi connectivity index (χ1) is 12.4. The fourth-order valence-corrected chi connectivity index (χ4v) is 12.4. The molecule has 3 unspecified atom stereocenters. The summed E-state index contributed by atoms with van der Waals surface area (Å²) in [5, 5.41) is 0.389. The van der Waals surface area contributed by atoms with E-state index in [2.05, 4.69) is 53.0 Å². The molecule has 17 heteroatoms. The summed E-state index contributed by atoms with van der Waals surface area (Å²) in [6.07, 6.45) is 0. The van der Waals surface area contributed by atoms with E-state index in [0.29, 0.717) is 0 Å². The number of nitrogens with zero attached hydrogens (tertiary/aromatic N) is 4. The van der Waals surface area contributed by atoms with Crippen molar-refractivity contribution in [2.75, 3.05) is 21.0 Å². The van der Waals surface area contributed by atoms with Gasteiger partial charge in [0.1, 0.15) is 5.08 Å². The van der Waals surface area contributed by atoms with E-state index in [1.807, 2.05) is 0 Å². The van der Waals surface area contributed by atoms with Crippen molar-refractivity contribution in [3.63, 3.8) is 0 Å². The highest BCUT2D eigenvalue weighted by Gasteiger charge is 2.22. The molecule has 28 heavy (non-hydrogen) atoms. The van der Waals surface area contributed by atoms with Crippen LogP contribution in [-0.4, -0.2) is 75.6 Å². The zero-order valence-corrected chi connectivity index (χ0v) is 20.4. The Labute approximate surface area is 175 Å².